The summed E-state index contributed by atoms with van der Waals surface area (Å²) in [7, 11) is 0. The molecular weight excluding hydrogens is 468 g/mol. The zero-order valence-corrected chi connectivity index (χ0v) is 21.4. The van der Waals surface area contributed by atoms with Gasteiger partial charge in [-0.3, -0.25) is 9.36 Å². The third-order valence-electron chi connectivity index (χ3n) is 6.00. The van der Waals surface area contributed by atoms with Gasteiger partial charge in [0.2, 0.25) is 5.95 Å². The van der Waals surface area contributed by atoms with Gasteiger partial charge in [-0.05, 0) is 57.0 Å². The molecule has 0 bridgehead atoms. The fourth-order valence-corrected chi connectivity index (χ4v) is 4.24. The molecule has 0 aliphatic heterocycles. The van der Waals surface area contributed by atoms with Crippen molar-refractivity contribution in [3.63, 3.8) is 0 Å². The van der Waals surface area contributed by atoms with Gasteiger partial charge in [-0.2, -0.15) is 4.98 Å². The lowest BCUT2D eigenvalue weighted by Gasteiger charge is -2.23. The number of nitrogens with zero attached hydrogens (tertiary/aromatic N) is 4. The highest BCUT2D eigenvalue weighted by Gasteiger charge is 2.22. The Labute approximate surface area is 215 Å². The van der Waals surface area contributed by atoms with Gasteiger partial charge < -0.3 is 15.8 Å². The molecule has 3 N–H and O–H groups in total. The summed E-state index contributed by atoms with van der Waals surface area (Å²) in [5.74, 6) is 0.578. The van der Waals surface area contributed by atoms with Crippen molar-refractivity contribution < 1.29 is 9.53 Å². The third kappa shape index (κ3) is 5.35. The number of anilines is 2. The van der Waals surface area contributed by atoms with Crippen molar-refractivity contribution >= 4 is 34.7 Å². The lowest BCUT2D eigenvalue weighted by Crippen LogP contribution is -2.29. The highest BCUT2D eigenvalue weighted by Crippen LogP contribution is 2.28. The summed E-state index contributed by atoms with van der Waals surface area (Å²) in [5.41, 5.74) is 9.19. The minimum Gasteiger partial charge on any atom is -0.463 e. The summed E-state index contributed by atoms with van der Waals surface area (Å²) >= 11 is 0. The molecule has 0 aliphatic carbocycles. The van der Waals surface area contributed by atoms with Crippen LogP contribution in [0, 0.1) is 13.8 Å². The summed E-state index contributed by atoms with van der Waals surface area (Å²) in [6.07, 6.45) is 3.51. The molecule has 37 heavy (non-hydrogen) atoms. The van der Waals surface area contributed by atoms with E-state index in [2.05, 4.69) is 15.3 Å². The number of esters is 1. The average Bonchev–Trinajstić information content (AvgIpc) is 2.87. The Kier molecular flexibility index (Phi) is 7.62. The predicted molar refractivity (Wildman–Crippen MR) is 146 cm³/mol. The molecule has 0 fully saturated rings. The Morgan fingerprint density at radius 3 is 2.54 bits per heavy atom. The maximum Gasteiger partial charge on any atom is 0.330 e. The predicted octanol–water partition coefficient (Wildman–Crippen LogP) is 4.51. The minimum absolute atomic E-state index is 0.0886. The molecule has 2 aromatic carbocycles. The van der Waals surface area contributed by atoms with Crippen LogP contribution in [-0.4, -0.2) is 32.1 Å². The monoisotopic (exact) mass is 498 g/mol. The number of hydrogen-bond acceptors (Lipinski definition) is 8. The van der Waals surface area contributed by atoms with Crippen molar-refractivity contribution in [3.8, 4) is 5.69 Å². The first-order chi connectivity index (χ1) is 17.8. The summed E-state index contributed by atoms with van der Waals surface area (Å²) in [6.45, 7) is 7.70. The SMILES string of the molecule is CCOC(=O)/C=C/c1c(C)nc(N)nc1NC(CC)c1nc2cccc(C)c2c(=O)n1-c1ccccc1. The van der Waals surface area contributed by atoms with Gasteiger partial charge in [0.25, 0.3) is 5.56 Å². The Morgan fingerprint density at radius 1 is 1.08 bits per heavy atom. The summed E-state index contributed by atoms with van der Waals surface area (Å²) < 4.78 is 6.65. The lowest BCUT2D eigenvalue weighted by atomic mass is 10.1. The molecule has 1 atom stereocenters. The van der Waals surface area contributed by atoms with Gasteiger partial charge in [0.05, 0.1) is 34.9 Å². The maximum absolute atomic E-state index is 13.8. The average molecular weight is 499 g/mol. The molecule has 0 aliphatic rings. The van der Waals surface area contributed by atoms with Gasteiger partial charge >= 0.3 is 5.97 Å². The highest BCUT2D eigenvalue weighted by molar-refractivity contribution is 5.88. The zero-order valence-electron chi connectivity index (χ0n) is 21.4. The van der Waals surface area contributed by atoms with Crippen LogP contribution in [0.3, 0.4) is 0 Å². The van der Waals surface area contributed by atoms with Crippen LogP contribution in [0.15, 0.2) is 59.4 Å². The van der Waals surface area contributed by atoms with Gasteiger partial charge in [-0.15, -0.1) is 0 Å². The number of ether oxygens (including phenoxy) is 1. The molecule has 190 valence electrons. The van der Waals surface area contributed by atoms with Gasteiger partial charge in [0.1, 0.15) is 11.6 Å². The van der Waals surface area contributed by atoms with Crippen molar-refractivity contribution in [3.05, 3.63) is 87.6 Å². The van der Waals surface area contributed by atoms with Crippen molar-refractivity contribution in [2.24, 2.45) is 0 Å². The van der Waals surface area contributed by atoms with E-state index in [-0.39, 0.29) is 18.1 Å². The van der Waals surface area contributed by atoms with Crippen molar-refractivity contribution in [2.45, 2.75) is 40.2 Å². The van der Waals surface area contributed by atoms with Crippen molar-refractivity contribution in [1.82, 2.24) is 19.5 Å². The molecule has 0 radical (unpaired) electrons. The van der Waals surface area contributed by atoms with Gasteiger partial charge in [-0.25, -0.2) is 14.8 Å². The second kappa shape index (κ2) is 11.0. The van der Waals surface area contributed by atoms with E-state index in [9.17, 15) is 9.59 Å². The molecule has 0 spiro atoms. The van der Waals surface area contributed by atoms with E-state index < -0.39 is 12.0 Å². The van der Waals surface area contributed by atoms with Crippen LogP contribution >= 0.6 is 0 Å². The van der Waals surface area contributed by atoms with Crippen LogP contribution in [0.5, 0.6) is 0 Å². The summed E-state index contributed by atoms with van der Waals surface area (Å²) in [4.78, 5) is 39.4. The minimum atomic E-state index is -0.471. The molecule has 0 saturated carbocycles. The second-order valence-electron chi connectivity index (χ2n) is 8.54. The molecule has 4 aromatic rings. The van der Waals surface area contributed by atoms with Crippen LogP contribution < -0.4 is 16.6 Å². The first-order valence-electron chi connectivity index (χ1n) is 12.2. The fourth-order valence-electron chi connectivity index (χ4n) is 4.24. The molecule has 2 aromatic heterocycles. The molecule has 0 amide bonds. The first-order valence-corrected chi connectivity index (χ1v) is 12.2. The highest BCUT2D eigenvalue weighted by atomic mass is 16.5. The number of nitrogen functional groups attached to an aromatic ring is 1. The van der Waals surface area contributed by atoms with Gasteiger partial charge in [0.15, 0.2) is 0 Å². The van der Waals surface area contributed by atoms with E-state index in [0.29, 0.717) is 45.9 Å². The number of carbonyl (C=O) groups is 1. The number of benzene rings is 2. The number of fused-ring (bicyclic) bond motifs is 1. The van der Waals surface area contributed by atoms with Crippen LogP contribution in [-0.2, 0) is 9.53 Å². The molecule has 4 rings (SSSR count). The standard InChI is InChI=1S/C28H30N6O3/c1-5-21(31-25-20(15-16-23(35)37-6-2)18(4)30-28(29)33-25)26-32-22-14-10-11-17(3)24(22)27(36)34(26)19-12-8-7-9-13-19/h7-16,21H,5-6H2,1-4H3,(H3,29,30,31,33)/b16-15+. The van der Waals surface area contributed by atoms with E-state index in [1.807, 2.05) is 62.4 Å². The number of carbonyl (C=O) groups excluding carboxylic acids is 1. The number of rotatable bonds is 8. The van der Waals surface area contributed by atoms with Crippen LogP contribution in [0.1, 0.15) is 49.0 Å². The lowest BCUT2D eigenvalue weighted by molar-refractivity contribution is -0.137. The van der Waals surface area contributed by atoms with Gasteiger partial charge in [0, 0.05) is 11.6 Å². The number of aryl methyl sites for hydroxylation is 2. The smallest absolute Gasteiger partial charge is 0.330 e. The van der Waals surface area contributed by atoms with E-state index >= 15 is 0 Å². The number of nitrogens with two attached hydrogens (primary N) is 1. The van der Waals surface area contributed by atoms with E-state index in [4.69, 9.17) is 15.5 Å². The molecule has 2 heterocycles. The first kappa shape index (κ1) is 25.6. The summed E-state index contributed by atoms with van der Waals surface area (Å²) in [6, 6.07) is 14.7. The molecule has 1 unspecified atom stereocenters. The van der Waals surface area contributed by atoms with Gasteiger partial charge in [-0.1, -0.05) is 37.3 Å². The van der Waals surface area contributed by atoms with Crippen molar-refractivity contribution in [2.75, 3.05) is 17.7 Å². The van der Waals surface area contributed by atoms with E-state index in [1.54, 1.807) is 24.5 Å². The second-order valence-corrected chi connectivity index (χ2v) is 8.54. The van der Waals surface area contributed by atoms with Crippen molar-refractivity contribution in [1.29, 1.82) is 0 Å². The topological polar surface area (TPSA) is 125 Å². The largest absolute Gasteiger partial charge is 0.463 e. The molecular formula is C28H30N6O3. The molecule has 9 nitrogen and oxygen atoms in total. The Hall–Kier alpha value is -4.53. The number of aromatic nitrogens is 4. The van der Waals surface area contributed by atoms with E-state index in [1.165, 1.54) is 6.08 Å². The number of para-hydroxylation sites is 1. The maximum atomic E-state index is 13.8. The van der Waals surface area contributed by atoms with E-state index in [0.717, 1.165) is 5.56 Å². The quantitative estimate of drug-likeness (QED) is 0.268. The molecule has 9 heteroatoms. The Morgan fingerprint density at radius 2 is 1.84 bits per heavy atom. The fraction of sp³-hybridized carbons (Fsp3) is 0.250. The van der Waals surface area contributed by atoms with Crippen LogP contribution in [0.4, 0.5) is 11.8 Å². The van der Waals surface area contributed by atoms with Crippen LogP contribution in [0.25, 0.3) is 22.7 Å². The number of hydrogen-bond donors (Lipinski definition) is 2. The third-order valence-corrected chi connectivity index (χ3v) is 6.00. The van der Waals surface area contributed by atoms with Crippen LogP contribution in [0.2, 0.25) is 0 Å². The Bertz CT molecular complexity index is 1530. The Balaban J connectivity index is 1.89. The number of nitrogens with one attached hydrogen (secondary N) is 1. The molecule has 0 saturated heterocycles. The zero-order chi connectivity index (χ0) is 26.5. The summed E-state index contributed by atoms with van der Waals surface area (Å²) in [5, 5.41) is 3.99. The normalized spacial score (nSPS) is 12.1.